The molecular weight excluding hydrogens is 312 g/mol. The van der Waals surface area contributed by atoms with Crippen molar-refractivity contribution in [1.82, 2.24) is 10.9 Å². The number of nitro benzene ring substituents is 1. The summed E-state index contributed by atoms with van der Waals surface area (Å²) in [6.45, 7) is 4.94. The molecule has 24 heavy (non-hydrogen) atoms. The Kier molecular flexibility index (Phi) is 5.73. The van der Waals surface area contributed by atoms with Gasteiger partial charge in [-0.05, 0) is 31.4 Å². The molecule has 1 saturated heterocycles. The van der Waals surface area contributed by atoms with Gasteiger partial charge in [0.15, 0.2) is 0 Å². The first kappa shape index (κ1) is 17.7. The molecule has 2 N–H and O–H groups in total. The lowest BCUT2D eigenvalue weighted by Crippen LogP contribution is -2.43. The van der Waals surface area contributed by atoms with Crippen LogP contribution in [0.4, 0.5) is 11.4 Å². The normalized spacial score (nSPS) is 14.4. The summed E-state index contributed by atoms with van der Waals surface area (Å²) in [6.07, 6.45) is 3.13. The minimum Gasteiger partial charge on any atom is -0.366 e. The van der Waals surface area contributed by atoms with Crippen molar-refractivity contribution in [3.8, 4) is 0 Å². The molecule has 1 heterocycles. The maximum Gasteiger partial charge on any atom is 0.293 e. The summed E-state index contributed by atoms with van der Waals surface area (Å²) in [7, 11) is 0. The van der Waals surface area contributed by atoms with Crippen molar-refractivity contribution in [2.75, 3.05) is 18.0 Å². The molecule has 8 nitrogen and oxygen atoms in total. The topological polar surface area (TPSA) is 105 Å². The molecular formula is C16H22N4O4. The Morgan fingerprint density at radius 1 is 1.17 bits per heavy atom. The van der Waals surface area contributed by atoms with E-state index in [1.807, 2.05) is 4.90 Å². The summed E-state index contributed by atoms with van der Waals surface area (Å²) in [5, 5.41) is 11.4. The van der Waals surface area contributed by atoms with Crippen LogP contribution in [0.25, 0.3) is 0 Å². The number of carbonyl (C=O) groups is 2. The highest BCUT2D eigenvalue weighted by Crippen LogP contribution is 2.31. The molecule has 1 aliphatic heterocycles. The fourth-order valence-corrected chi connectivity index (χ4v) is 2.55. The molecule has 1 fully saturated rings. The van der Waals surface area contributed by atoms with Crippen LogP contribution in [0.5, 0.6) is 0 Å². The average Bonchev–Trinajstić information content (AvgIpc) is 2.59. The van der Waals surface area contributed by atoms with Crippen molar-refractivity contribution in [3.63, 3.8) is 0 Å². The molecule has 0 aromatic heterocycles. The largest absolute Gasteiger partial charge is 0.366 e. The van der Waals surface area contributed by atoms with Gasteiger partial charge in [-0.15, -0.1) is 0 Å². The third-order valence-corrected chi connectivity index (χ3v) is 3.95. The van der Waals surface area contributed by atoms with Crippen molar-refractivity contribution in [2.24, 2.45) is 5.92 Å². The number of nitrogens with one attached hydrogen (secondary N) is 2. The van der Waals surface area contributed by atoms with Crippen molar-refractivity contribution in [3.05, 3.63) is 33.9 Å². The van der Waals surface area contributed by atoms with Crippen LogP contribution in [0.15, 0.2) is 18.2 Å². The van der Waals surface area contributed by atoms with Gasteiger partial charge < -0.3 is 4.90 Å². The maximum absolute atomic E-state index is 12.1. The van der Waals surface area contributed by atoms with E-state index in [0.29, 0.717) is 5.69 Å². The second-order valence-corrected chi connectivity index (χ2v) is 6.11. The third kappa shape index (κ3) is 4.21. The first-order valence-corrected chi connectivity index (χ1v) is 8.03. The van der Waals surface area contributed by atoms with Crippen LogP contribution in [0.2, 0.25) is 0 Å². The summed E-state index contributed by atoms with van der Waals surface area (Å²) >= 11 is 0. The highest BCUT2D eigenvalue weighted by Gasteiger charge is 2.23. The fraction of sp³-hybridized carbons (Fsp3) is 0.500. The number of hydrogen-bond donors (Lipinski definition) is 2. The molecule has 0 radical (unpaired) electrons. The molecule has 0 bridgehead atoms. The van der Waals surface area contributed by atoms with E-state index in [-0.39, 0.29) is 23.1 Å². The van der Waals surface area contributed by atoms with E-state index in [9.17, 15) is 19.7 Å². The number of rotatable bonds is 4. The number of amides is 2. The number of hydrazine groups is 1. The van der Waals surface area contributed by atoms with Gasteiger partial charge in [0.05, 0.1) is 4.92 Å². The van der Waals surface area contributed by atoms with Crippen molar-refractivity contribution < 1.29 is 14.5 Å². The zero-order valence-electron chi connectivity index (χ0n) is 13.9. The standard InChI is InChI=1S/C16H22N4O4/c1-11(2)15(21)17-18-16(22)12-6-7-13(14(10-12)20(23)24)19-8-4-3-5-9-19/h6-7,10-11H,3-5,8-9H2,1-2H3,(H,17,21)(H,18,22). The van der Waals surface area contributed by atoms with Crippen LogP contribution in [-0.2, 0) is 4.79 Å². The van der Waals surface area contributed by atoms with Gasteiger partial charge >= 0.3 is 0 Å². The maximum atomic E-state index is 12.1. The molecule has 1 aromatic rings. The van der Waals surface area contributed by atoms with E-state index < -0.39 is 10.8 Å². The number of hydrogen-bond acceptors (Lipinski definition) is 5. The lowest BCUT2D eigenvalue weighted by Gasteiger charge is -2.28. The zero-order valence-corrected chi connectivity index (χ0v) is 13.9. The first-order chi connectivity index (χ1) is 11.4. The predicted molar refractivity (Wildman–Crippen MR) is 89.6 cm³/mol. The van der Waals surface area contributed by atoms with Gasteiger partial charge in [0.2, 0.25) is 5.91 Å². The summed E-state index contributed by atoms with van der Waals surface area (Å²) in [6, 6.07) is 4.39. The van der Waals surface area contributed by atoms with Gasteiger partial charge in [-0.2, -0.15) is 0 Å². The molecule has 0 unspecified atom stereocenters. The number of nitrogens with zero attached hydrogens (tertiary/aromatic N) is 2. The first-order valence-electron chi connectivity index (χ1n) is 8.03. The van der Waals surface area contributed by atoms with Gasteiger partial charge in [0.1, 0.15) is 5.69 Å². The molecule has 2 amide bonds. The molecule has 0 aliphatic carbocycles. The number of piperidine rings is 1. The Morgan fingerprint density at radius 3 is 2.42 bits per heavy atom. The highest BCUT2D eigenvalue weighted by atomic mass is 16.6. The lowest BCUT2D eigenvalue weighted by atomic mass is 10.1. The van der Waals surface area contributed by atoms with Gasteiger partial charge in [0, 0.05) is 30.6 Å². The quantitative estimate of drug-likeness (QED) is 0.647. The summed E-state index contributed by atoms with van der Waals surface area (Å²) in [4.78, 5) is 36.4. The van der Waals surface area contributed by atoms with E-state index in [0.717, 1.165) is 32.4 Å². The van der Waals surface area contributed by atoms with E-state index in [2.05, 4.69) is 10.9 Å². The smallest absolute Gasteiger partial charge is 0.293 e. The highest BCUT2D eigenvalue weighted by molar-refractivity contribution is 5.96. The molecule has 130 valence electrons. The summed E-state index contributed by atoms with van der Waals surface area (Å²) in [5.41, 5.74) is 5.12. The average molecular weight is 334 g/mol. The minimum atomic E-state index is -0.586. The zero-order chi connectivity index (χ0) is 17.7. The molecule has 1 aromatic carbocycles. The third-order valence-electron chi connectivity index (χ3n) is 3.95. The fourth-order valence-electron chi connectivity index (χ4n) is 2.55. The number of benzene rings is 1. The van der Waals surface area contributed by atoms with Crippen LogP contribution in [0, 0.1) is 16.0 Å². The van der Waals surface area contributed by atoms with Gasteiger partial charge in [-0.3, -0.25) is 30.6 Å². The molecule has 2 rings (SSSR count). The van der Waals surface area contributed by atoms with E-state index in [1.54, 1.807) is 19.9 Å². The Morgan fingerprint density at radius 2 is 1.83 bits per heavy atom. The van der Waals surface area contributed by atoms with E-state index in [1.165, 1.54) is 12.1 Å². The molecule has 0 saturated carbocycles. The van der Waals surface area contributed by atoms with E-state index >= 15 is 0 Å². The SMILES string of the molecule is CC(C)C(=O)NNC(=O)c1ccc(N2CCCCC2)c([N+](=O)[O-])c1. The van der Waals surface area contributed by atoms with Crippen LogP contribution < -0.4 is 15.8 Å². The Labute approximate surface area is 140 Å². The van der Waals surface area contributed by atoms with Gasteiger partial charge in [0.25, 0.3) is 11.6 Å². The van der Waals surface area contributed by atoms with Crippen molar-refractivity contribution in [2.45, 2.75) is 33.1 Å². The number of nitro groups is 1. The second kappa shape index (κ2) is 7.76. The summed E-state index contributed by atoms with van der Waals surface area (Å²) < 4.78 is 0. The minimum absolute atomic E-state index is 0.0975. The van der Waals surface area contributed by atoms with Crippen LogP contribution in [-0.4, -0.2) is 29.8 Å². The van der Waals surface area contributed by atoms with E-state index in [4.69, 9.17) is 0 Å². The van der Waals surface area contributed by atoms with Crippen LogP contribution in [0.3, 0.4) is 0 Å². The van der Waals surface area contributed by atoms with Crippen molar-refractivity contribution >= 4 is 23.2 Å². The Balaban J connectivity index is 2.17. The Bertz CT molecular complexity index is 639. The second-order valence-electron chi connectivity index (χ2n) is 6.11. The molecule has 0 atom stereocenters. The number of carbonyl (C=O) groups excluding carboxylic acids is 2. The van der Waals surface area contributed by atoms with Crippen LogP contribution >= 0.6 is 0 Å². The monoisotopic (exact) mass is 334 g/mol. The van der Waals surface area contributed by atoms with Crippen molar-refractivity contribution in [1.29, 1.82) is 0 Å². The molecule has 8 heteroatoms. The van der Waals surface area contributed by atoms with Gasteiger partial charge in [-0.1, -0.05) is 13.8 Å². The van der Waals surface area contributed by atoms with Gasteiger partial charge in [-0.25, -0.2) is 0 Å². The predicted octanol–water partition coefficient (Wildman–Crippen LogP) is 2.00. The molecule has 1 aliphatic rings. The Hall–Kier alpha value is -2.64. The van der Waals surface area contributed by atoms with Crippen LogP contribution in [0.1, 0.15) is 43.5 Å². The lowest BCUT2D eigenvalue weighted by molar-refractivity contribution is -0.384. The number of anilines is 1. The molecule has 0 spiro atoms. The summed E-state index contributed by atoms with van der Waals surface area (Å²) in [5.74, 6) is -1.19.